The molecule has 0 amide bonds. The predicted molar refractivity (Wildman–Crippen MR) is 57.2 cm³/mol. The Hall–Kier alpha value is -1.09. The van der Waals surface area contributed by atoms with Crippen molar-refractivity contribution in [2.75, 3.05) is 7.11 Å². The number of nitrogens with two attached hydrogens (primary N) is 1. The average molecular weight is 194 g/mol. The van der Waals surface area contributed by atoms with Crippen molar-refractivity contribution in [1.29, 1.82) is 0 Å². The molecule has 78 valence electrons. The molecule has 1 aromatic heterocycles. The van der Waals surface area contributed by atoms with Crippen molar-refractivity contribution >= 4 is 0 Å². The fourth-order valence-corrected chi connectivity index (χ4v) is 1.46. The molecule has 0 aliphatic heterocycles. The van der Waals surface area contributed by atoms with Crippen LogP contribution in [0.5, 0.6) is 5.88 Å². The first-order valence-electron chi connectivity index (χ1n) is 4.89. The largest absolute Gasteiger partial charge is 0.481 e. The van der Waals surface area contributed by atoms with Crippen LogP contribution in [0.25, 0.3) is 0 Å². The first-order valence-corrected chi connectivity index (χ1v) is 4.89. The first kappa shape index (κ1) is 11.0. The van der Waals surface area contributed by atoms with Crippen molar-refractivity contribution in [3.63, 3.8) is 0 Å². The Morgan fingerprint density at radius 2 is 2.21 bits per heavy atom. The smallest absolute Gasteiger partial charge is 0.217 e. The number of aromatic nitrogens is 1. The summed E-state index contributed by atoms with van der Waals surface area (Å²) in [5, 5.41) is 0. The Bertz CT molecular complexity index is 297. The summed E-state index contributed by atoms with van der Waals surface area (Å²) < 4.78 is 5.11. The van der Waals surface area contributed by atoms with Crippen LogP contribution >= 0.6 is 0 Å². The molecule has 1 aromatic rings. The van der Waals surface area contributed by atoms with Gasteiger partial charge in [0.2, 0.25) is 5.88 Å². The summed E-state index contributed by atoms with van der Waals surface area (Å²) in [5.74, 6) is 1.27. The minimum Gasteiger partial charge on any atom is -0.481 e. The molecule has 0 aliphatic carbocycles. The van der Waals surface area contributed by atoms with Crippen LogP contribution in [0, 0.1) is 5.92 Å². The lowest BCUT2D eigenvalue weighted by atomic mass is 10.0. The zero-order valence-corrected chi connectivity index (χ0v) is 9.08. The molecule has 0 aromatic carbocycles. The summed E-state index contributed by atoms with van der Waals surface area (Å²) in [6, 6.07) is 2.08. The number of pyridine rings is 1. The van der Waals surface area contributed by atoms with Gasteiger partial charge in [0.05, 0.1) is 7.11 Å². The van der Waals surface area contributed by atoms with E-state index in [1.54, 1.807) is 7.11 Å². The first-order chi connectivity index (χ1) is 6.67. The van der Waals surface area contributed by atoms with E-state index in [-0.39, 0.29) is 0 Å². The van der Waals surface area contributed by atoms with Gasteiger partial charge >= 0.3 is 0 Å². The standard InChI is InChI=1S/C11H18N2O/c1-8(2)4-9-5-10(6-12)11(14-3)13-7-9/h5,7-8H,4,6,12H2,1-3H3. The number of ether oxygens (including phenoxy) is 1. The van der Waals surface area contributed by atoms with Gasteiger partial charge in [-0.05, 0) is 24.0 Å². The van der Waals surface area contributed by atoms with E-state index >= 15 is 0 Å². The van der Waals surface area contributed by atoms with Gasteiger partial charge in [0.15, 0.2) is 0 Å². The van der Waals surface area contributed by atoms with Gasteiger partial charge in [-0.15, -0.1) is 0 Å². The van der Waals surface area contributed by atoms with Crippen LogP contribution < -0.4 is 10.5 Å². The van der Waals surface area contributed by atoms with E-state index in [1.165, 1.54) is 5.56 Å². The van der Waals surface area contributed by atoms with Crippen molar-refractivity contribution in [3.05, 3.63) is 23.4 Å². The molecule has 1 heterocycles. The van der Waals surface area contributed by atoms with Gasteiger partial charge in [0, 0.05) is 18.3 Å². The molecule has 0 bridgehead atoms. The van der Waals surface area contributed by atoms with Crippen LogP contribution in [0.3, 0.4) is 0 Å². The second-order valence-corrected chi connectivity index (χ2v) is 3.81. The van der Waals surface area contributed by atoms with E-state index in [1.807, 2.05) is 6.20 Å². The van der Waals surface area contributed by atoms with E-state index in [9.17, 15) is 0 Å². The Labute approximate surface area is 85.3 Å². The number of rotatable bonds is 4. The van der Waals surface area contributed by atoms with Gasteiger partial charge in [-0.1, -0.05) is 13.8 Å². The van der Waals surface area contributed by atoms with Crippen LogP contribution in [0.2, 0.25) is 0 Å². The Balaban J connectivity index is 2.89. The van der Waals surface area contributed by atoms with Gasteiger partial charge in [0.1, 0.15) is 0 Å². The highest BCUT2D eigenvalue weighted by atomic mass is 16.5. The van der Waals surface area contributed by atoms with E-state index < -0.39 is 0 Å². The summed E-state index contributed by atoms with van der Waals surface area (Å²) in [6.45, 7) is 4.85. The molecule has 1 rings (SSSR count). The second-order valence-electron chi connectivity index (χ2n) is 3.81. The molecule has 0 spiro atoms. The van der Waals surface area contributed by atoms with E-state index in [4.69, 9.17) is 10.5 Å². The van der Waals surface area contributed by atoms with Crippen LogP contribution in [0.4, 0.5) is 0 Å². The molecular weight excluding hydrogens is 176 g/mol. The van der Waals surface area contributed by atoms with E-state index in [0.29, 0.717) is 18.3 Å². The molecule has 2 N–H and O–H groups in total. The van der Waals surface area contributed by atoms with Gasteiger partial charge in [-0.3, -0.25) is 0 Å². The van der Waals surface area contributed by atoms with Gasteiger partial charge < -0.3 is 10.5 Å². The molecule has 14 heavy (non-hydrogen) atoms. The fraction of sp³-hybridized carbons (Fsp3) is 0.545. The third-order valence-corrected chi connectivity index (χ3v) is 2.04. The summed E-state index contributed by atoms with van der Waals surface area (Å²) in [5.41, 5.74) is 7.81. The summed E-state index contributed by atoms with van der Waals surface area (Å²) >= 11 is 0. The van der Waals surface area contributed by atoms with E-state index in [2.05, 4.69) is 24.9 Å². The van der Waals surface area contributed by atoms with Crippen LogP contribution in [-0.4, -0.2) is 12.1 Å². The maximum Gasteiger partial charge on any atom is 0.217 e. The third-order valence-electron chi connectivity index (χ3n) is 2.04. The monoisotopic (exact) mass is 194 g/mol. The zero-order chi connectivity index (χ0) is 10.6. The number of nitrogens with zero attached hydrogens (tertiary/aromatic N) is 1. The molecule has 0 saturated heterocycles. The van der Waals surface area contributed by atoms with Crippen LogP contribution in [-0.2, 0) is 13.0 Å². The Kier molecular flexibility index (Phi) is 3.89. The highest BCUT2D eigenvalue weighted by Gasteiger charge is 2.05. The van der Waals surface area contributed by atoms with Gasteiger partial charge in [-0.25, -0.2) is 4.98 Å². The fourth-order valence-electron chi connectivity index (χ4n) is 1.46. The van der Waals surface area contributed by atoms with Crippen molar-refractivity contribution in [2.24, 2.45) is 11.7 Å². The molecular formula is C11H18N2O. The van der Waals surface area contributed by atoms with Gasteiger partial charge in [0.25, 0.3) is 0 Å². The number of hydrogen-bond acceptors (Lipinski definition) is 3. The third kappa shape index (κ3) is 2.70. The molecule has 0 aliphatic rings. The minimum atomic E-state index is 0.474. The molecule has 3 nitrogen and oxygen atoms in total. The summed E-state index contributed by atoms with van der Waals surface area (Å²) in [4.78, 5) is 4.22. The van der Waals surface area contributed by atoms with Crippen molar-refractivity contribution in [1.82, 2.24) is 4.98 Å². The lowest BCUT2D eigenvalue weighted by Crippen LogP contribution is -2.04. The minimum absolute atomic E-state index is 0.474. The van der Waals surface area contributed by atoms with Gasteiger partial charge in [-0.2, -0.15) is 0 Å². The SMILES string of the molecule is COc1ncc(CC(C)C)cc1CN. The topological polar surface area (TPSA) is 48.1 Å². The molecule has 0 radical (unpaired) electrons. The molecule has 0 unspecified atom stereocenters. The van der Waals surface area contributed by atoms with Crippen LogP contribution in [0.15, 0.2) is 12.3 Å². The molecule has 3 heteroatoms. The highest BCUT2D eigenvalue weighted by molar-refractivity contribution is 5.29. The van der Waals surface area contributed by atoms with Crippen molar-refractivity contribution in [2.45, 2.75) is 26.8 Å². The normalized spacial score (nSPS) is 10.6. The molecule has 0 atom stereocenters. The predicted octanol–water partition coefficient (Wildman–Crippen LogP) is 1.75. The lowest BCUT2D eigenvalue weighted by Gasteiger charge is -2.09. The summed E-state index contributed by atoms with van der Waals surface area (Å²) in [7, 11) is 1.61. The van der Waals surface area contributed by atoms with Crippen molar-refractivity contribution in [3.8, 4) is 5.88 Å². The molecule has 0 saturated carbocycles. The maximum atomic E-state index is 5.61. The summed E-state index contributed by atoms with van der Waals surface area (Å²) in [6.07, 6.45) is 2.89. The number of methoxy groups -OCH3 is 1. The van der Waals surface area contributed by atoms with Crippen LogP contribution in [0.1, 0.15) is 25.0 Å². The molecule has 0 fully saturated rings. The van der Waals surface area contributed by atoms with Crippen molar-refractivity contribution < 1.29 is 4.74 Å². The Morgan fingerprint density at radius 1 is 1.50 bits per heavy atom. The number of hydrogen-bond donors (Lipinski definition) is 1. The lowest BCUT2D eigenvalue weighted by molar-refractivity contribution is 0.392. The highest BCUT2D eigenvalue weighted by Crippen LogP contribution is 2.17. The quantitative estimate of drug-likeness (QED) is 0.794. The zero-order valence-electron chi connectivity index (χ0n) is 9.08. The maximum absolute atomic E-state index is 5.61. The average Bonchev–Trinajstić information content (AvgIpc) is 2.16. The Morgan fingerprint density at radius 3 is 2.71 bits per heavy atom. The van der Waals surface area contributed by atoms with E-state index in [0.717, 1.165) is 12.0 Å². The second kappa shape index (κ2) is 4.96.